The lowest BCUT2D eigenvalue weighted by molar-refractivity contribution is -0.0327. The lowest BCUT2D eigenvalue weighted by atomic mass is 9.89. The summed E-state index contributed by atoms with van der Waals surface area (Å²) in [5.41, 5.74) is -4.38. The Morgan fingerprint density at radius 3 is 2.33 bits per heavy atom. The van der Waals surface area contributed by atoms with Gasteiger partial charge in [0.05, 0.1) is 0 Å². The third-order valence-corrected chi connectivity index (χ3v) is 3.07. The van der Waals surface area contributed by atoms with E-state index in [9.17, 15) is 13.2 Å². The fourth-order valence-corrected chi connectivity index (χ4v) is 1.40. The van der Waals surface area contributed by atoms with Crippen molar-refractivity contribution < 1.29 is 18.3 Å². The normalized spacial score (nSPS) is 16.4. The maximum atomic E-state index is 11.7. The van der Waals surface area contributed by atoms with Gasteiger partial charge >= 0.3 is 5.51 Å². The number of alkyl halides is 3. The Kier molecular flexibility index (Phi) is 6.63. The fraction of sp³-hybridized carbons (Fsp3) is 1.00. The number of hydrogen-bond acceptors (Lipinski definition) is 3. The van der Waals surface area contributed by atoms with Gasteiger partial charge in [-0.3, -0.25) is 0 Å². The van der Waals surface area contributed by atoms with Crippen molar-refractivity contribution in [3.8, 4) is 0 Å². The quantitative estimate of drug-likeness (QED) is 0.675. The first kappa shape index (κ1) is 15.1. The van der Waals surface area contributed by atoms with Gasteiger partial charge in [0, 0.05) is 30.9 Å². The Morgan fingerprint density at radius 2 is 1.93 bits per heavy atom. The molecule has 6 heteroatoms. The van der Waals surface area contributed by atoms with Crippen LogP contribution in [0.1, 0.15) is 20.3 Å². The molecule has 0 saturated heterocycles. The van der Waals surface area contributed by atoms with Gasteiger partial charge < -0.3 is 10.4 Å². The zero-order valence-corrected chi connectivity index (χ0v) is 9.84. The molecule has 0 spiro atoms. The second-order valence-corrected chi connectivity index (χ2v) is 4.95. The Hall–Kier alpha value is 0.0600. The van der Waals surface area contributed by atoms with E-state index in [4.69, 9.17) is 5.11 Å². The Morgan fingerprint density at radius 1 is 1.33 bits per heavy atom. The summed E-state index contributed by atoms with van der Waals surface area (Å²) in [5.74, 6) is 0.00865. The lowest BCUT2D eigenvalue weighted by Crippen LogP contribution is -2.35. The van der Waals surface area contributed by atoms with Crippen LogP contribution in [0.15, 0.2) is 0 Å². The van der Waals surface area contributed by atoms with E-state index in [0.717, 1.165) is 6.42 Å². The van der Waals surface area contributed by atoms with Crippen molar-refractivity contribution in [1.82, 2.24) is 5.32 Å². The van der Waals surface area contributed by atoms with Crippen LogP contribution in [-0.4, -0.2) is 36.1 Å². The Bertz CT molecular complexity index is 171. The van der Waals surface area contributed by atoms with E-state index in [0.29, 0.717) is 13.1 Å². The van der Waals surface area contributed by atoms with Crippen LogP contribution in [0.4, 0.5) is 13.2 Å². The molecule has 0 fully saturated rings. The van der Waals surface area contributed by atoms with Crippen molar-refractivity contribution in [2.24, 2.45) is 5.41 Å². The monoisotopic (exact) mass is 245 g/mol. The molecule has 2 N–H and O–H groups in total. The largest absolute Gasteiger partial charge is 0.441 e. The van der Waals surface area contributed by atoms with Crippen LogP contribution in [0.25, 0.3) is 0 Å². The second-order valence-electron chi connectivity index (χ2n) is 3.79. The van der Waals surface area contributed by atoms with Gasteiger partial charge in [0.2, 0.25) is 0 Å². The van der Waals surface area contributed by atoms with Gasteiger partial charge in [0.1, 0.15) is 0 Å². The molecular formula is C9H18F3NOS. The van der Waals surface area contributed by atoms with Crippen LogP contribution in [-0.2, 0) is 0 Å². The van der Waals surface area contributed by atoms with E-state index in [2.05, 4.69) is 5.32 Å². The Balaban J connectivity index is 3.54. The van der Waals surface area contributed by atoms with E-state index in [1.54, 1.807) is 0 Å². The first-order chi connectivity index (χ1) is 6.83. The summed E-state index contributed by atoms with van der Waals surface area (Å²) >= 11 is -0.0257. The summed E-state index contributed by atoms with van der Waals surface area (Å²) in [5, 5.41) is 12.0. The van der Waals surface area contributed by atoms with E-state index in [1.165, 1.54) is 0 Å². The molecule has 0 amide bonds. The minimum atomic E-state index is -4.15. The van der Waals surface area contributed by atoms with E-state index in [-0.39, 0.29) is 29.5 Å². The first-order valence-corrected chi connectivity index (χ1v) is 5.84. The van der Waals surface area contributed by atoms with Gasteiger partial charge in [-0.05, 0) is 18.2 Å². The minimum absolute atomic E-state index is 0.00865. The SMILES string of the molecule is CCC(C)(CO)CNCCSC(F)(F)F. The van der Waals surface area contributed by atoms with Crippen molar-refractivity contribution in [2.45, 2.75) is 25.8 Å². The summed E-state index contributed by atoms with van der Waals surface area (Å²) < 4.78 is 35.2. The zero-order valence-electron chi connectivity index (χ0n) is 9.02. The van der Waals surface area contributed by atoms with Crippen LogP contribution in [0.2, 0.25) is 0 Å². The number of nitrogens with one attached hydrogen (secondary N) is 1. The predicted molar refractivity (Wildman–Crippen MR) is 56.9 cm³/mol. The van der Waals surface area contributed by atoms with Crippen LogP contribution in [0.3, 0.4) is 0 Å². The Labute approximate surface area is 92.6 Å². The van der Waals surface area contributed by atoms with Crippen molar-refractivity contribution in [2.75, 3.05) is 25.4 Å². The highest BCUT2D eigenvalue weighted by molar-refractivity contribution is 8.00. The van der Waals surface area contributed by atoms with Gasteiger partial charge in [-0.15, -0.1) is 0 Å². The minimum Gasteiger partial charge on any atom is -0.396 e. The molecule has 0 aliphatic heterocycles. The van der Waals surface area contributed by atoms with Crippen LogP contribution in [0, 0.1) is 5.41 Å². The standard InChI is InChI=1S/C9H18F3NOS/c1-3-8(2,7-14)6-13-4-5-15-9(10,11)12/h13-14H,3-7H2,1-2H3. The smallest absolute Gasteiger partial charge is 0.396 e. The highest BCUT2D eigenvalue weighted by Crippen LogP contribution is 2.29. The van der Waals surface area contributed by atoms with E-state index < -0.39 is 5.51 Å². The zero-order chi connectivity index (χ0) is 11.9. The molecule has 0 aromatic heterocycles. The maximum Gasteiger partial charge on any atom is 0.441 e. The van der Waals surface area contributed by atoms with Crippen molar-refractivity contribution in [3.63, 3.8) is 0 Å². The number of aliphatic hydroxyl groups excluding tert-OH is 1. The van der Waals surface area contributed by atoms with Crippen molar-refractivity contribution >= 4 is 11.8 Å². The van der Waals surface area contributed by atoms with Gasteiger partial charge in [0.25, 0.3) is 0 Å². The fourth-order valence-electron chi connectivity index (χ4n) is 0.922. The molecular weight excluding hydrogens is 227 g/mol. The molecule has 0 aliphatic carbocycles. The topological polar surface area (TPSA) is 32.3 Å². The number of hydrogen-bond donors (Lipinski definition) is 2. The lowest BCUT2D eigenvalue weighted by Gasteiger charge is -2.25. The number of halogens is 3. The number of rotatable bonds is 7. The van der Waals surface area contributed by atoms with Crippen LogP contribution >= 0.6 is 11.8 Å². The van der Waals surface area contributed by atoms with Crippen molar-refractivity contribution in [3.05, 3.63) is 0 Å². The summed E-state index contributed by atoms with van der Waals surface area (Å²) in [4.78, 5) is 0. The second kappa shape index (κ2) is 6.60. The van der Waals surface area contributed by atoms with Gasteiger partial charge in [-0.25, -0.2) is 0 Å². The van der Waals surface area contributed by atoms with E-state index >= 15 is 0 Å². The summed E-state index contributed by atoms with van der Waals surface area (Å²) in [6.45, 7) is 4.74. The van der Waals surface area contributed by atoms with Crippen LogP contribution < -0.4 is 5.32 Å². The number of thioether (sulfide) groups is 1. The molecule has 0 aliphatic rings. The molecule has 0 aromatic rings. The summed E-state index contributed by atoms with van der Waals surface area (Å²) in [7, 11) is 0. The average molecular weight is 245 g/mol. The molecule has 1 unspecified atom stereocenters. The molecule has 0 bridgehead atoms. The molecule has 15 heavy (non-hydrogen) atoms. The molecule has 92 valence electrons. The maximum absolute atomic E-state index is 11.7. The number of aliphatic hydroxyl groups is 1. The van der Waals surface area contributed by atoms with E-state index in [1.807, 2.05) is 13.8 Å². The molecule has 0 aromatic carbocycles. The molecule has 1 atom stereocenters. The third-order valence-electron chi connectivity index (χ3n) is 2.33. The van der Waals surface area contributed by atoms with Crippen LogP contribution in [0.5, 0.6) is 0 Å². The molecule has 0 heterocycles. The highest BCUT2D eigenvalue weighted by atomic mass is 32.2. The predicted octanol–water partition coefficient (Wildman–Crippen LogP) is 2.24. The van der Waals surface area contributed by atoms with Crippen molar-refractivity contribution in [1.29, 1.82) is 0 Å². The van der Waals surface area contributed by atoms with Gasteiger partial charge in [0.15, 0.2) is 0 Å². The highest BCUT2D eigenvalue weighted by Gasteiger charge is 2.27. The summed E-state index contributed by atoms with van der Waals surface area (Å²) in [6.07, 6.45) is 0.795. The molecule has 0 saturated carbocycles. The van der Waals surface area contributed by atoms with Gasteiger partial charge in [-0.1, -0.05) is 13.8 Å². The third kappa shape index (κ3) is 7.93. The molecule has 2 nitrogen and oxygen atoms in total. The summed E-state index contributed by atoms with van der Waals surface area (Å²) in [6, 6.07) is 0. The van der Waals surface area contributed by atoms with Gasteiger partial charge in [-0.2, -0.15) is 13.2 Å². The molecule has 0 rings (SSSR count). The molecule has 0 radical (unpaired) electrons. The first-order valence-electron chi connectivity index (χ1n) is 4.85. The average Bonchev–Trinajstić information content (AvgIpc) is 2.15.